The van der Waals surface area contributed by atoms with Gasteiger partial charge in [-0.2, -0.15) is 0 Å². The molecule has 33 heavy (non-hydrogen) atoms. The number of piperidine rings is 1. The van der Waals surface area contributed by atoms with Crippen LogP contribution in [-0.4, -0.2) is 59.1 Å². The van der Waals surface area contributed by atoms with E-state index in [0.717, 1.165) is 44.3 Å². The van der Waals surface area contributed by atoms with Crippen molar-refractivity contribution >= 4 is 12.0 Å². The number of phenols is 1. The third-order valence-corrected chi connectivity index (χ3v) is 8.57. The molecule has 0 radical (unpaired) electrons. The van der Waals surface area contributed by atoms with Crippen molar-refractivity contribution in [2.24, 2.45) is 5.92 Å². The molecule has 2 bridgehead atoms. The molecule has 1 spiro atoms. The van der Waals surface area contributed by atoms with E-state index >= 15 is 0 Å². The number of likely N-dealkylation sites (N-methyl/N-ethyl adjacent to an activating group) is 1. The molecular formula is C27H30N2O4. The first-order valence-electron chi connectivity index (χ1n) is 11.9. The highest BCUT2D eigenvalue weighted by atomic mass is 16.5. The van der Waals surface area contributed by atoms with Crippen LogP contribution in [0.1, 0.15) is 36.0 Å². The number of amides is 1. The monoisotopic (exact) mass is 446 g/mol. The van der Waals surface area contributed by atoms with E-state index in [0.29, 0.717) is 17.7 Å². The molecule has 4 aliphatic rings. The van der Waals surface area contributed by atoms with Crippen LogP contribution in [0.25, 0.3) is 6.08 Å². The average Bonchev–Trinajstić information content (AvgIpc) is 3.46. The molecule has 172 valence electrons. The third kappa shape index (κ3) is 2.86. The number of hydrogen-bond donors (Lipinski definition) is 1. The lowest BCUT2D eigenvalue weighted by molar-refractivity contribution is -0.135. The van der Waals surface area contributed by atoms with E-state index in [4.69, 9.17) is 9.15 Å². The second kappa shape index (κ2) is 7.52. The lowest BCUT2D eigenvalue weighted by atomic mass is 9.51. The van der Waals surface area contributed by atoms with Crippen LogP contribution in [0.15, 0.2) is 53.9 Å². The van der Waals surface area contributed by atoms with Crippen LogP contribution >= 0.6 is 0 Å². The smallest absolute Gasteiger partial charge is 0.246 e. The summed E-state index contributed by atoms with van der Waals surface area (Å²) in [5.74, 6) is 1.28. The van der Waals surface area contributed by atoms with Gasteiger partial charge in [0.25, 0.3) is 0 Å². The van der Waals surface area contributed by atoms with E-state index < -0.39 is 0 Å². The van der Waals surface area contributed by atoms with Crippen molar-refractivity contribution in [2.45, 2.75) is 49.3 Å². The van der Waals surface area contributed by atoms with Gasteiger partial charge in [0.2, 0.25) is 5.91 Å². The van der Waals surface area contributed by atoms with Crippen molar-refractivity contribution < 1.29 is 19.1 Å². The van der Waals surface area contributed by atoms with Crippen LogP contribution < -0.4 is 4.74 Å². The molecule has 1 saturated carbocycles. The van der Waals surface area contributed by atoms with Crippen molar-refractivity contribution in [3.05, 3.63) is 66.1 Å². The van der Waals surface area contributed by atoms with Gasteiger partial charge in [0.15, 0.2) is 11.5 Å². The standard InChI is InChI=1S/C27H30N2O4/c1-3-12-29-13-11-27-19-6-7-20(28(2)23(31)9-4-17-10-14-32-16-17)26(27)33-25-22(30)8-5-18(24(25)27)15-21(19)29/h3-5,8-10,14,16,19-21,26,30H,1,6-7,11-13,15H2,2H3/t19-,20-,21+,26-,27-/m0/s1. The largest absolute Gasteiger partial charge is 0.504 e. The van der Waals surface area contributed by atoms with Crippen LogP contribution in [0, 0.1) is 5.92 Å². The van der Waals surface area contributed by atoms with Crippen LogP contribution in [0.5, 0.6) is 11.5 Å². The Hall–Kier alpha value is -2.99. The summed E-state index contributed by atoms with van der Waals surface area (Å²) < 4.78 is 11.7. The van der Waals surface area contributed by atoms with E-state index in [-0.39, 0.29) is 29.2 Å². The zero-order chi connectivity index (χ0) is 22.7. The molecule has 6 nitrogen and oxygen atoms in total. The predicted molar refractivity (Wildman–Crippen MR) is 125 cm³/mol. The first kappa shape index (κ1) is 20.6. The molecule has 2 aliphatic carbocycles. The number of benzene rings is 1. The van der Waals surface area contributed by atoms with Gasteiger partial charge in [0.1, 0.15) is 6.10 Å². The Morgan fingerprint density at radius 1 is 1.36 bits per heavy atom. The Bertz CT molecular complexity index is 1120. The maximum atomic E-state index is 13.1. The van der Waals surface area contributed by atoms with Crippen LogP contribution in [0.3, 0.4) is 0 Å². The second-order valence-electron chi connectivity index (χ2n) is 9.92. The van der Waals surface area contributed by atoms with E-state index in [1.54, 1.807) is 30.7 Å². The summed E-state index contributed by atoms with van der Waals surface area (Å²) >= 11 is 0. The van der Waals surface area contributed by atoms with Gasteiger partial charge in [-0.1, -0.05) is 12.1 Å². The number of likely N-dealkylation sites (tertiary alicyclic amines) is 1. The first-order valence-corrected chi connectivity index (χ1v) is 11.9. The molecule has 2 aliphatic heterocycles. The zero-order valence-electron chi connectivity index (χ0n) is 18.9. The minimum Gasteiger partial charge on any atom is -0.504 e. The summed E-state index contributed by atoms with van der Waals surface area (Å²) in [7, 11) is 1.88. The zero-order valence-corrected chi connectivity index (χ0v) is 18.9. The number of phenolic OH excluding ortho intramolecular Hbond substituents is 1. The van der Waals surface area contributed by atoms with Crippen LogP contribution in [-0.2, 0) is 16.6 Å². The van der Waals surface area contributed by atoms with Crippen molar-refractivity contribution in [1.82, 2.24) is 9.80 Å². The predicted octanol–water partition coefficient (Wildman–Crippen LogP) is 3.75. The highest BCUT2D eigenvalue weighted by Gasteiger charge is 2.66. The molecule has 1 N–H and O–H groups in total. The number of hydrogen-bond acceptors (Lipinski definition) is 5. The maximum Gasteiger partial charge on any atom is 0.246 e. The number of nitrogens with zero attached hydrogens (tertiary/aromatic N) is 2. The molecule has 3 heterocycles. The Labute approximate surface area is 194 Å². The van der Waals surface area contributed by atoms with Gasteiger partial charge in [-0.3, -0.25) is 9.69 Å². The first-order chi connectivity index (χ1) is 16.0. The number of aromatic hydroxyl groups is 1. The van der Waals surface area contributed by atoms with Crippen molar-refractivity contribution in [3.63, 3.8) is 0 Å². The maximum absolute atomic E-state index is 13.1. The highest BCUT2D eigenvalue weighted by Crippen LogP contribution is 2.64. The molecule has 6 rings (SSSR count). The fourth-order valence-electron chi connectivity index (χ4n) is 7.21. The van der Waals surface area contributed by atoms with Gasteiger partial charge in [0, 0.05) is 42.3 Å². The molecule has 1 amide bonds. The highest BCUT2D eigenvalue weighted by molar-refractivity contribution is 5.91. The Morgan fingerprint density at radius 2 is 2.24 bits per heavy atom. The van der Waals surface area contributed by atoms with Crippen LogP contribution in [0.4, 0.5) is 0 Å². The fraction of sp³-hybridized carbons (Fsp3) is 0.444. The van der Waals surface area contributed by atoms with Gasteiger partial charge in [-0.05, 0) is 61.9 Å². The van der Waals surface area contributed by atoms with Crippen molar-refractivity contribution in [3.8, 4) is 11.5 Å². The second-order valence-corrected chi connectivity index (χ2v) is 9.92. The topological polar surface area (TPSA) is 66.2 Å². The number of ether oxygens (including phenoxy) is 1. The molecule has 2 aromatic rings. The van der Waals surface area contributed by atoms with Crippen LogP contribution in [0.2, 0.25) is 0 Å². The van der Waals surface area contributed by atoms with E-state index in [1.165, 1.54) is 11.1 Å². The summed E-state index contributed by atoms with van der Waals surface area (Å²) in [5, 5.41) is 10.7. The van der Waals surface area contributed by atoms with Gasteiger partial charge < -0.3 is 19.2 Å². The third-order valence-electron chi connectivity index (χ3n) is 8.57. The minimum atomic E-state index is -0.157. The number of carbonyl (C=O) groups is 1. The number of rotatable bonds is 5. The van der Waals surface area contributed by atoms with Gasteiger partial charge >= 0.3 is 0 Å². The average molecular weight is 447 g/mol. The van der Waals surface area contributed by atoms with Crippen molar-refractivity contribution in [2.75, 3.05) is 20.1 Å². The van der Waals surface area contributed by atoms with E-state index in [9.17, 15) is 9.90 Å². The normalized spacial score (nSPS) is 31.8. The lowest BCUT2D eigenvalue weighted by Crippen LogP contribution is -2.68. The molecule has 6 heteroatoms. The van der Waals surface area contributed by atoms with Gasteiger partial charge in [-0.15, -0.1) is 6.58 Å². The minimum absolute atomic E-state index is 0.0449. The lowest BCUT2D eigenvalue weighted by Gasteiger charge is -2.60. The van der Waals surface area contributed by atoms with E-state index in [2.05, 4.69) is 17.5 Å². The Morgan fingerprint density at radius 3 is 3.03 bits per heavy atom. The molecule has 1 aromatic heterocycles. The molecule has 5 atom stereocenters. The molecule has 1 saturated heterocycles. The molecule has 2 fully saturated rings. The molecular weight excluding hydrogens is 416 g/mol. The Kier molecular flexibility index (Phi) is 4.70. The van der Waals surface area contributed by atoms with Gasteiger partial charge in [0.05, 0.1) is 18.6 Å². The van der Waals surface area contributed by atoms with E-state index in [1.807, 2.05) is 24.1 Å². The molecule has 0 unspecified atom stereocenters. The number of carbonyl (C=O) groups excluding carboxylic acids is 1. The summed E-state index contributed by atoms with van der Waals surface area (Å²) in [5.41, 5.74) is 3.21. The molecule has 1 aromatic carbocycles. The number of furan rings is 1. The summed E-state index contributed by atoms with van der Waals surface area (Å²) in [6.07, 6.45) is 12.3. The SMILES string of the molecule is C=CCN1CC[C@]23c4c5ccc(O)c4O[C@H]2[C@@H](N(C)C(=O)C=Cc2ccoc2)CC[C@H]3[C@H]1C5. The summed E-state index contributed by atoms with van der Waals surface area (Å²) in [6.45, 7) is 5.85. The van der Waals surface area contributed by atoms with Gasteiger partial charge in [-0.25, -0.2) is 0 Å². The summed E-state index contributed by atoms with van der Waals surface area (Å²) in [4.78, 5) is 17.5. The quantitative estimate of drug-likeness (QED) is 0.560. The fourth-order valence-corrected chi connectivity index (χ4v) is 7.21. The van der Waals surface area contributed by atoms with Crippen molar-refractivity contribution in [1.29, 1.82) is 0 Å². The Balaban J connectivity index is 1.38. The summed E-state index contributed by atoms with van der Waals surface area (Å²) in [6, 6.07) is 6.07.